The molecule has 2 aromatic heterocycles. The number of hydrogen-bond acceptors (Lipinski definition) is 8. The Labute approximate surface area is 182 Å². The molecule has 4 rings (SSSR count). The lowest BCUT2D eigenvalue weighted by atomic mass is 10.1. The summed E-state index contributed by atoms with van der Waals surface area (Å²) >= 11 is 0. The highest BCUT2D eigenvalue weighted by molar-refractivity contribution is 5.98. The van der Waals surface area contributed by atoms with Gasteiger partial charge in [-0.3, -0.25) is 0 Å². The second-order valence-electron chi connectivity index (χ2n) is 7.09. The molecule has 8 heteroatoms. The quantitative estimate of drug-likeness (QED) is 0.545. The molecule has 31 heavy (non-hydrogen) atoms. The van der Waals surface area contributed by atoms with E-state index in [1.165, 1.54) is 0 Å². The van der Waals surface area contributed by atoms with Gasteiger partial charge in [0.2, 0.25) is 5.75 Å². The van der Waals surface area contributed by atoms with E-state index >= 15 is 0 Å². The molecule has 164 valence electrons. The first-order chi connectivity index (χ1) is 15.3. The summed E-state index contributed by atoms with van der Waals surface area (Å²) in [5.41, 5.74) is 0.785. The molecule has 0 N–H and O–H groups in total. The zero-order chi connectivity index (χ0) is 21.6. The van der Waals surface area contributed by atoms with Crippen LogP contribution in [0.25, 0.3) is 10.9 Å². The van der Waals surface area contributed by atoms with Gasteiger partial charge in [-0.2, -0.15) is 0 Å². The number of fused-ring (bicyclic) bond motifs is 1. The summed E-state index contributed by atoms with van der Waals surface area (Å²) in [4.78, 5) is 18.2. The second kappa shape index (κ2) is 9.68. The van der Waals surface area contributed by atoms with E-state index in [0.717, 1.165) is 48.7 Å². The van der Waals surface area contributed by atoms with Crippen LogP contribution in [0.5, 0.6) is 17.2 Å². The number of piperazine rings is 1. The van der Waals surface area contributed by atoms with Crippen molar-refractivity contribution in [3.05, 3.63) is 36.8 Å². The summed E-state index contributed by atoms with van der Waals surface area (Å²) in [6.45, 7) is 10.8. The van der Waals surface area contributed by atoms with Crippen LogP contribution in [-0.4, -0.2) is 61.0 Å². The van der Waals surface area contributed by atoms with Crippen LogP contribution < -0.4 is 24.0 Å². The van der Waals surface area contributed by atoms with Crippen molar-refractivity contribution in [1.29, 1.82) is 0 Å². The lowest BCUT2D eigenvalue weighted by Gasteiger charge is -2.36. The first-order valence-corrected chi connectivity index (χ1v) is 10.9. The highest BCUT2D eigenvalue weighted by Crippen LogP contribution is 2.46. The smallest absolute Gasteiger partial charge is 0.204 e. The molecular weight excluding hydrogens is 394 g/mol. The van der Waals surface area contributed by atoms with Crippen LogP contribution in [0.4, 0.5) is 11.6 Å². The monoisotopic (exact) mass is 423 g/mol. The summed E-state index contributed by atoms with van der Waals surface area (Å²) < 4.78 is 17.9. The van der Waals surface area contributed by atoms with Crippen molar-refractivity contribution in [2.45, 2.75) is 20.8 Å². The number of ether oxygens (including phenoxy) is 3. The number of anilines is 2. The van der Waals surface area contributed by atoms with Crippen molar-refractivity contribution in [3.63, 3.8) is 0 Å². The molecule has 3 heterocycles. The lowest BCUT2D eigenvalue weighted by Crippen LogP contribution is -2.47. The van der Waals surface area contributed by atoms with Gasteiger partial charge in [0, 0.05) is 38.4 Å². The fraction of sp³-hybridized carbons (Fsp3) is 0.435. The number of pyridine rings is 1. The molecule has 0 aliphatic carbocycles. The first kappa shape index (κ1) is 21.0. The normalized spacial score (nSPS) is 14.0. The van der Waals surface area contributed by atoms with E-state index in [1.807, 2.05) is 51.2 Å². The summed E-state index contributed by atoms with van der Waals surface area (Å²) in [6.07, 6.45) is 3.44. The van der Waals surface area contributed by atoms with E-state index in [9.17, 15) is 0 Å². The number of benzene rings is 1. The van der Waals surface area contributed by atoms with Crippen molar-refractivity contribution in [1.82, 2.24) is 15.0 Å². The molecule has 0 amide bonds. The standard InChI is InChI=1S/C23H29N5O3/c1-4-29-18-15-17-20(22(31-6-3)21(18)30-5-2)23(26-16-25-17)28-13-11-27(12-14-28)19-9-7-8-10-24-19/h7-10,15-16H,4-6,11-14H2,1-3H3. The number of hydrogen-bond donors (Lipinski definition) is 0. The summed E-state index contributed by atoms with van der Waals surface area (Å²) in [7, 11) is 0. The molecule has 0 bridgehead atoms. The van der Waals surface area contributed by atoms with Gasteiger partial charge < -0.3 is 24.0 Å². The highest BCUT2D eigenvalue weighted by Gasteiger charge is 2.26. The molecule has 0 radical (unpaired) electrons. The van der Waals surface area contributed by atoms with Crippen molar-refractivity contribution >= 4 is 22.5 Å². The van der Waals surface area contributed by atoms with Gasteiger partial charge in [0.15, 0.2) is 11.5 Å². The maximum Gasteiger partial charge on any atom is 0.204 e. The minimum Gasteiger partial charge on any atom is -0.490 e. The van der Waals surface area contributed by atoms with E-state index in [0.29, 0.717) is 37.1 Å². The number of nitrogens with zero attached hydrogens (tertiary/aromatic N) is 5. The number of aromatic nitrogens is 3. The number of rotatable bonds is 8. The van der Waals surface area contributed by atoms with Crippen LogP contribution in [0.15, 0.2) is 36.8 Å². The van der Waals surface area contributed by atoms with E-state index in [1.54, 1.807) is 6.33 Å². The zero-order valence-corrected chi connectivity index (χ0v) is 18.4. The van der Waals surface area contributed by atoms with Crippen LogP contribution in [0.1, 0.15) is 20.8 Å². The van der Waals surface area contributed by atoms with E-state index < -0.39 is 0 Å². The Morgan fingerprint density at radius 2 is 1.52 bits per heavy atom. The molecule has 3 aromatic rings. The first-order valence-electron chi connectivity index (χ1n) is 10.9. The maximum atomic E-state index is 6.08. The van der Waals surface area contributed by atoms with E-state index in [-0.39, 0.29) is 0 Å². The summed E-state index contributed by atoms with van der Waals surface area (Å²) in [5, 5.41) is 0.863. The van der Waals surface area contributed by atoms with Gasteiger partial charge in [-0.25, -0.2) is 15.0 Å². The molecule has 1 aliphatic rings. The van der Waals surface area contributed by atoms with Crippen LogP contribution in [-0.2, 0) is 0 Å². The molecule has 1 fully saturated rings. The Morgan fingerprint density at radius 1 is 0.806 bits per heavy atom. The molecule has 1 aromatic carbocycles. The minimum atomic E-state index is 0.506. The topological polar surface area (TPSA) is 72.8 Å². The average Bonchev–Trinajstić information content (AvgIpc) is 2.81. The van der Waals surface area contributed by atoms with Crippen molar-refractivity contribution < 1.29 is 14.2 Å². The Bertz CT molecular complexity index is 1010. The van der Waals surface area contributed by atoms with Gasteiger partial charge in [-0.1, -0.05) is 6.07 Å². The molecule has 0 saturated carbocycles. The third-order valence-electron chi connectivity index (χ3n) is 5.21. The third-order valence-corrected chi connectivity index (χ3v) is 5.21. The van der Waals surface area contributed by atoms with Crippen LogP contribution >= 0.6 is 0 Å². The van der Waals surface area contributed by atoms with Crippen molar-refractivity contribution in [2.75, 3.05) is 55.8 Å². The largest absolute Gasteiger partial charge is 0.490 e. The molecule has 0 spiro atoms. The van der Waals surface area contributed by atoms with Gasteiger partial charge in [-0.15, -0.1) is 0 Å². The lowest BCUT2D eigenvalue weighted by molar-refractivity contribution is 0.263. The molecule has 0 atom stereocenters. The molecule has 0 unspecified atom stereocenters. The molecule has 1 saturated heterocycles. The second-order valence-corrected chi connectivity index (χ2v) is 7.09. The predicted octanol–water partition coefficient (Wildman–Crippen LogP) is 3.55. The van der Waals surface area contributed by atoms with Crippen molar-refractivity contribution in [3.8, 4) is 17.2 Å². The zero-order valence-electron chi connectivity index (χ0n) is 18.4. The molecular formula is C23H29N5O3. The fourth-order valence-electron chi connectivity index (χ4n) is 3.89. The molecule has 1 aliphatic heterocycles. The predicted molar refractivity (Wildman–Crippen MR) is 122 cm³/mol. The Morgan fingerprint density at radius 3 is 2.19 bits per heavy atom. The Hall–Kier alpha value is -3.29. The van der Waals surface area contributed by atoms with E-state index in [4.69, 9.17) is 14.2 Å². The fourth-order valence-corrected chi connectivity index (χ4v) is 3.89. The van der Waals surface area contributed by atoms with Gasteiger partial charge >= 0.3 is 0 Å². The van der Waals surface area contributed by atoms with Gasteiger partial charge in [0.25, 0.3) is 0 Å². The summed E-state index contributed by atoms with van der Waals surface area (Å²) in [6, 6.07) is 7.93. The van der Waals surface area contributed by atoms with Crippen molar-refractivity contribution in [2.24, 2.45) is 0 Å². The minimum absolute atomic E-state index is 0.506. The average molecular weight is 424 g/mol. The maximum absolute atomic E-state index is 6.08. The third kappa shape index (κ3) is 4.28. The highest BCUT2D eigenvalue weighted by atomic mass is 16.5. The van der Waals surface area contributed by atoms with Crippen LogP contribution in [0.2, 0.25) is 0 Å². The van der Waals surface area contributed by atoms with Gasteiger partial charge in [-0.05, 0) is 32.9 Å². The van der Waals surface area contributed by atoms with Crippen LogP contribution in [0.3, 0.4) is 0 Å². The SMILES string of the molecule is CCOc1cc2ncnc(N3CCN(c4ccccn4)CC3)c2c(OCC)c1OCC. The van der Waals surface area contributed by atoms with Gasteiger partial charge in [0.1, 0.15) is 18.0 Å². The van der Waals surface area contributed by atoms with Crippen LogP contribution in [0, 0.1) is 0 Å². The van der Waals surface area contributed by atoms with Gasteiger partial charge in [0.05, 0.1) is 30.7 Å². The molecule has 8 nitrogen and oxygen atoms in total. The Balaban J connectivity index is 1.72. The Kier molecular flexibility index (Phi) is 6.54. The van der Waals surface area contributed by atoms with E-state index in [2.05, 4.69) is 24.8 Å². The summed E-state index contributed by atoms with van der Waals surface area (Å²) in [5.74, 6) is 3.77.